The number of nitrogens with zero attached hydrogens (tertiary/aromatic N) is 2. The molecule has 1 saturated heterocycles. The minimum absolute atomic E-state index is 0.000833. The smallest absolute Gasteiger partial charge is 0.253 e. The second kappa shape index (κ2) is 10.1. The molecule has 0 bridgehead atoms. The predicted octanol–water partition coefficient (Wildman–Crippen LogP) is 7.33. The first-order chi connectivity index (χ1) is 18.3. The van der Waals surface area contributed by atoms with Crippen LogP contribution in [0.3, 0.4) is 0 Å². The van der Waals surface area contributed by atoms with Gasteiger partial charge in [-0.05, 0) is 75.1 Å². The molecule has 1 spiro atoms. The third kappa shape index (κ3) is 4.90. The number of piperidine rings is 1. The number of benzene rings is 2. The van der Waals surface area contributed by atoms with Gasteiger partial charge in [0.25, 0.3) is 5.91 Å². The van der Waals surface area contributed by atoms with Crippen molar-refractivity contribution in [2.45, 2.75) is 64.1 Å². The zero-order chi connectivity index (χ0) is 26.4. The number of hydrogen-bond acceptors (Lipinski definition) is 5. The van der Waals surface area contributed by atoms with Crippen molar-refractivity contribution in [3.8, 4) is 11.3 Å². The molecule has 3 fully saturated rings. The number of carbonyl (C=O) groups is 2. The highest BCUT2D eigenvalue weighted by Gasteiger charge is 2.47. The molecule has 2 aliphatic carbocycles. The summed E-state index contributed by atoms with van der Waals surface area (Å²) in [5.41, 5.74) is 3.71. The summed E-state index contributed by atoms with van der Waals surface area (Å²) in [5.74, 6) is 1.25. The van der Waals surface area contributed by atoms with Crippen molar-refractivity contribution in [2.75, 3.05) is 13.1 Å². The van der Waals surface area contributed by atoms with E-state index in [1.165, 1.54) is 6.92 Å². The maximum Gasteiger partial charge on any atom is 0.253 e. The van der Waals surface area contributed by atoms with Gasteiger partial charge in [0.15, 0.2) is 5.78 Å². The van der Waals surface area contributed by atoms with Crippen molar-refractivity contribution in [1.82, 2.24) is 10.1 Å². The summed E-state index contributed by atoms with van der Waals surface area (Å²) >= 11 is 13.0. The van der Waals surface area contributed by atoms with E-state index in [2.05, 4.69) is 5.16 Å². The SMILES string of the molecule is CC(=O)c1cccc(C(=O)N2CCC3(CC2)CC(OCc2c(-c4c(Cl)cccc4Cl)noc2C2CC2)C3)c1. The molecule has 6 nitrogen and oxygen atoms in total. The zero-order valence-electron chi connectivity index (χ0n) is 21.3. The second-order valence-corrected chi connectivity index (χ2v) is 11.8. The maximum absolute atomic E-state index is 13.0. The maximum atomic E-state index is 13.0. The minimum Gasteiger partial charge on any atom is -0.373 e. The average molecular weight is 553 g/mol. The molecule has 3 aliphatic rings. The molecule has 198 valence electrons. The Labute approximate surface area is 232 Å². The second-order valence-electron chi connectivity index (χ2n) is 11.0. The number of halogens is 2. The van der Waals surface area contributed by atoms with Crippen molar-refractivity contribution >= 4 is 34.9 Å². The molecule has 0 unspecified atom stereocenters. The fraction of sp³-hybridized carbons (Fsp3) is 0.433. The van der Waals surface area contributed by atoms with Crippen LogP contribution in [-0.4, -0.2) is 40.9 Å². The third-order valence-electron chi connectivity index (χ3n) is 8.38. The molecule has 6 rings (SSSR count). The fourth-order valence-corrected chi connectivity index (χ4v) is 6.50. The number of aromatic nitrogens is 1. The molecule has 0 atom stereocenters. The number of ether oxygens (including phenoxy) is 1. The molecule has 8 heteroatoms. The first-order valence-electron chi connectivity index (χ1n) is 13.3. The van der Waals surface area contributed by atoms with E-state index in [4.69, 9.17) is 32.5 Å². The van der Waals surface area contributed by atoms with E-state index in [-0.39, 0.29) is 23.2 Å². The lowest BCUT2D eigenvalue weighted by Crippen LogP contribution is -2.51. The van der Waals surface area contributed by atoms with Gasteiger partial charge < -0.3 is 14.2 Å². The lowest BCUT2D eigenvalue weighted by Gasteiger charge is -2.51. The Bertz CT molecular complexity index is 1360. The zero-order valence-corrected chi connectivity index (χ0v) is 22.9. The van der Waals surface area contributed by atoms with Gasteiger partial charge in [-0.15, -0.1) is 0 Å². The number of likely N-dealkylation sites (tertiary alicyclic amines) is 1. The highest BCUT2D eigenvalue weighted by atomic mass is 35.5. The summed E-state index contributed by atoms with van der Waals surface area (Å²) in [5, 5.41) is 5.45. The normalized spacial score (nSPS) is 19.0. The number of carbonyl (C=O) groups excluding carboxylic acids is 2. The Kier molecular flexibility index (Phi) is 6.83. The van der Waals surface area contributed by atoms with Gasteiger partial charge in [0.2, 0.25) is 0 Å². The average Bonchev–Trinajstić information content (AvgIpc) is 3.66. The quantitative estimate of drug-likeness (QED) is 0.287. The van der Waals surface area contributed by atoms with Gasteiger partial charge >= 0.3 is 0 Å². The predicted molar refractivity (Wildman–Crippen MR) is 146 cm³/mol. The largest absolute Gasteiger partial charge is 0.373 e. The van der Waals surface area contributed by atoms with Gasteiger partial charge in [-0.1, -0.05) is 46.6 Å². The van der Waals surface area contributed by atoms with Crippen LogP contribution in [0.2, 0.25) is 10.0 Å². The Hall–Kier alpha value is -2.67. The van der Waals surface area contributed by atoms with Crippen LogP contribution in [0.25, 0.3) is 11.3 Å². The Balaban J connectivity index is 1.07. The van der Waals surface area contributed by atoms with Crippen molar-refractivity contribution < 1.29 is 18.8 Å². The molecule has 2 saturated carbocycles. The molecular weight excluding hydrogens is 523 g/mol. The standard InChI is InChI=1S/C30H30Cl2N2O4/c1-18(35)20-4-2-5-21(14-20)29(36)34-12-10-30(11-13-34)15-22(16-30)37-17-23-27(33-38-28(23)19-8-9-19)26-24(31)6-3-7-25(26)32/h2-7,14,19,22H,8-13,15-17H2,1H3. The summed E-state index contributed by atoms with van der Waals surface area (Å²) in [6.07, 6.45) is 6.26. The summed E-state index contributed by atoms with van der Waals surface area (Å²) < 4.78 is 12.2. The third-order valence-corrected chi connectivity index (χ3v) is 9.01. The number of rotatable bonds is 7. The first-order valence-corrected chi connectivity index (χ1v) is 14.0. The van der Waals surface area contributed by atoms with Crippen molar-refractivity contribution in [3.05, 3.63) is 75.0 Å². The van der Waals surface area contributed by atoms with Gasteiger partial charge in [-0.2, -0.15) is 0 Å². The highest BCUT2D eigenvalue weighted by Crippen LogP contribution is 2.51. The van der Waals surface area contributed by atoms with Gasteiger partial charge in [-0.25, -0.2) is 0 Å². The molecule has 1 aliphatic heterocycles. The van der Waals surface area contributed by atoms with Crippen LogP contribution in [0.1, 0.15) is 83.4 Å². The highest BCUT2D eigenvalue weighted by molar-refractivity contribution is 6.39. The summed E-state index contributed by atoms with van der Waals surface area (Å²) in [4.78, 5) is 26.7. The molecule has 1 aromatic heterocycles. The molecule has 38 heavy (non-hydrogen) atoms. The van der Waals surface area contributed by atoms with Crippen LogP contribution in [0.5, 0.6) is 0 Å². The Morgan fingerprint density at radius 3 is 2.37 bits per heavy atom. The molecule has 3 aromatic rings. The van der Waals surface area contributed by atoms with Crippen molar-refractivity contribution in [1.29, 1.82) is 0 Å². The van der Waals surface area contributed by atoms with E-state index in [1.54, 1.807) is 24.3 Å². The van der Waals surface area contributed by atoms with Crippen LogP contribution in [-0.2, 0) is 11.3 Å². The van der Waals surface area contributed by atoms with Crippen LogP contribution < -0.4 is 0 Å². The number of ketones is 1. The molecule has 2 aromatic carbocycles. The van der Waals surface area contributed by atoms with E-state index in [1.807, 2.05) is 23.1 Å². The number of Topliss-reactive ketones (excluding diaryl/α,β-unsaturated/α-hetero) is 1. The van der Waals surface area contributed by atoms with E-state index >= 15 is 0 Å². The van der Waals surface area contributed by atoms with Crippen molar-refractivity contribution in [2.24, 2.45) is 5.41 Å². The van der Waals surface area contributed by atoms with E-state index < -0.39 is 0 Å². The van der Waals surface area contributed by atoms with Crippen LogP contribution >= 0.6 is 23.2 Å². The monoisotopic (exact) mass is 552 g/mol. The molecular formula is C30H30Cl2N2O4. The van der Waals surface area contributed by atoms with Crippen LogP contribution in [0.4, 0.5) is 0 Å². The van der Waals surface area contributed by atoms with E-state index in [0.29, 0.717) is 45.0 Å². The van der Waals surface area contributed by atoms with Crippen LogP contribution in [0.15, 0.2) is 47.0 Å². The number of amides is 1. The van der Waals surface area contributed by atoms with Crippen LogP contribution in [0, 0.1) is 5.41 Å². The summed E-state index contributed by atoms with van der Waals surface area (Å²) in [6, 6.07) is 12.5. The molecule has 0 radical (unpaired) electrons. The van der Waals surface area contributed by atoms with E-state index in [9.17, 15) is 9.59 Å². The Morgan fingerprint density at radius 2 is 1.71 bits per heavy atom. The molecule has 2 heterocycles. The lowest BCUT2D eigenvalue weighted by atomic mass is 9.61. The van der Waals surface area contributed by atoms with E-state index in [0.717, 1.165) is 62.9 Å². The Morgan fingerprint density at radius 1 is 1.05 bits per heavy atom. The van der Waals surface area contributed by atoms with Gasteiger partial charge in [-0.3, -0.25) is 9.59 Å². The van der Waals surface area contributed by atoms with Gasteiger partial charge in [0, 0.05) is 41.3 Å². The molecule has 1 amide bonds. The van der Waals surface area contributed by atoms with Gasteiger partial charge in [0.1, 0.15) is 11.5 Å². The topological polar surface area (TPSA) is 72.6 Å². The van der Waals surface area contributed by atoms with Crippen molar-refractivity contribution in [3.63, 3.8) is 0 Å². The first kappa shape index (κ1) is 25.6. The lowest BCUT2D eigenvalue weighted by molar-refractivity contribution is -0.108. The minimum atomic E-state index is -0.0321. The molecule has 0 N–H and O–H groups in total. The fourth-order valence-electron chi connectivity index (χ4n) is 5.92. The summed E-state index contributed by atoms with van der Waals surface area (Å²) in [6.45, 7) is 3.39. The number of hydrogen-bond donors (Lipinski definition) is 0. The van der Waals surface area contributed by atoms with Gasteiger partial charge in [0.05, 0.1) is 22.8 Å². The summed E-state index contributed by atoms with van der Waals surface area (Å²) in [7, 11) is 0.